The van der Waals surface area contributed by atoms with E-state index in [4.69, 9.17) is 0 Å². The van der Waals surface area contributed by atoms with Crippen molar-refractivity contribution in [3.63, 3.8) is 0 Å². The molecule has 13 rings (SSSR count). The molecule has 0 saturated heterocycles. The van der Waals surface area contributed by atoms with Gasteiger partial charge in [-0.2, -0.15) is 0 Å². The Hall–Kier alpha value is -4.88. The molecule has 1 heteroatoms. The third-order valence-corrected chi connectivity index (χ3v) is 15.2. The van der Waals surface area contributed by atoms with Gasteiger partial charge in [0.2, 0.25) is 0 Å². The van der Waals surface area contributed by atoms with Crippen LogP contribution in [0.5, 0.6) is 0 Å². The van der Waals surface area contributed by atoms with E-state index >= 15 is 0 Å². The third kappa shape index (κ3) is 4.20. The molecule has 0 N–H and O–H groups in total. The zero-order valence-electron chi connectivity index (χ0n) is 30.6. The van der Waals surface area contributed by atoms with Crippen LogP contribution in [0.1, 0.15) is 86.5 Å². The maximum atomic E-state index is 2.63. The molecule has 5 fully saturated rings. The van der Waals surface area contributed by atoms with Gasteiger partial charge in [0.1, 0.15) is 0 Å². The van der Waals surface area contributed by atoms with E-state index in [1.54, 1.807) is 16.7 Å². The van der Waals surface area contributed by atoms with Crippen molar-refractivity contribution >= 4 is 17.1 Å². The summed E-state index contributed by atoms with van der Waals surface area (Å²) in [5, 5.41) is 0. The van der Waals surface area contributed by atoms with Crippen LogP contribution in [-0.4, -0.2) is 0 Å². The topological polar surface area (TPSA) is 3.24 Å². The molecule has 1 nitrogen and oxygen atoms in total. The van der Waals surface area contributed by atoms with E-state index < -0.39 is 0 Å². The van der Waals surface area contributed by atoms with E-state index in [0.717, 1.165) is 23.7 Å². The van der Waals surface area contributed by atoms with Gasteiger partial charge < -0.3 is 4.90 Å². The average molecular weight is 686 g/mol. The Bertz CT molecular complexity index is 2370. The fourth-order valence-corrected chi connectivity index (χ4v) is 13.4. The number of fused-ring (bicyclic) bond motifs is 8. The number of hydrogen-bond acceptors (Lipinski definition) is 1. The smallest absolute Gasteiger partial charge is 0.0465 e. The van der Waals surface area contributed by atoms with Gasteiger partial charge in [0.25, 0.3) is 0 Å². The fraction of sp³-hybridized carbons (Fsp3) is 0.308. The number of rotatable bonds is 4. The Balaban J connectivity index is 0.949. The van der Waals surface area contributed by atoms with Crippen LogP contribution < -0.4 is 4.90 Å². The van der Waals surface area contributed by atoms with E-state index in [2.05, 4.69) is 144 Å². The summed E-state index contributed by atoms with van der Waals surface area (Å²) in [6.45, 7) is 0. The Labute approximate surface area is 314 Å². The highest BCUT2D eigenvalue weighted by atomic mass is 15.1. The molecule has 0 amide bonds. The van der Waals surface area contributed by atoms with E-state index in [0.29, 0.717) is 0 Å². The van der Waals surface area contributed by atoms with Crippen LogP contribution in [0.4, 0.5) is 17.1 Å². The Morgan fingerprint density at radius 1 is 0.396 bits per heavy atom. The summed E-state index contributed by atoms with van der Waals surface area (Å²) in [7, 11) is 0. The molecule has 5 saturated carbocycles. The van der Waals surface area contributed by atoms with Crippen molar-refractivity contribution in [3.8, 4) is 33.4 Å². The lowest BCUT2D eigenvalue weighted by Crippen LogP contribution is -2.55. The third-order valence-electron chi connectivity index (χ3n) is 15.2. The Morgan fingerprint density at radius 3 is 1.68 bits per heavy atom. The summed E-state index contributed by atoms with van der Waals surface area (Å²) in [4.78, 5) is 2.48. The van der Waals surface area contributed by atoms with Crippen molar-refractivity contribution in [1.29, 1.82) is 0 Å². The summed E-state index contributed by atoms with van der Waals surface area (Å²) in [5.41, 5.74) is 18.9. The van der Waals surface area contributed by atoms with Crippen LogP contribution in [0.15, 0.2) is 140 Å². The Kier molecular flexibility index (Phi) is 6.53. The van der Waals surface area contributed by atoms with Gasteiger partial charge in [-0.15, -0.1) is 0 Å². The highest BCUT2D eigenvalue weighted by Gasteiger charge is 2.61. The highest BCUT2D eigenvalue weighted by Crippen LogP contribution is 2.69. The van der Waals surface area contributed by atoms with Crippen LogP contribution in [0.2, 0.25) is 0 Å². The second-order valence-corrected chi connectivity index (χ2v) is 17.6. The molecule has 0 aliphatic heterocycles. The quantitative estimate of drug-likeness (QED) is 0.179. The predicted molar refractivity (Wildman–Crippen MR) is 219 cm³/mol. The minimum absolute atomic E-state index is 0.133. The fourth-order valence-electron chi connectivity index (χ4n) is 13.4. The van der Waals surface area contributed by atoms with E-state index in [1.165, 1.54) is 120 Å². The number of benzene rings is 6. The van der Waals surface area contributed by atoms with Crippen LogP contribution in [0, 0.1) is 23.7 Å². The standard InChI is InChI=1S/C52H47N/c1-3-11-40(12-4-1)53(42-22-24-45-43-13-5-7-15-47(43)51(49(45)33-42)25-9-2-10-26-51)41-20-17-36(18-21-41)37-19-23-46-44-14-6-8-16-48(44)52(50(46)32-37)38-28-34-27-35(30-38)31-39(52)29-34/h1,3-8,11-24,32-35,38-39H,2,9-10,25-31H2. The summed E-state index contributed by atoms with van der Waals surface area (Å²) >= 11 is 0. The second kappa shape index (κ2) is 11.3. The van der Waals surface area contributed by atoms with Crippen molar-refractivity contribution in [2.75, 3.05) is 4.90 Å². The first kappa shape index (κ1) is 30.6. The lowest BCUT2D eigenvalue weighted by Gasteiger charge is -2.61. The van der Waals surface area contributed by atoms with Crippen LogP contribution in [-0.2, 0) is 10.8 Å². The van der Waals surface area contributed by atoms with Crippen molar-refractivity contribution in [2.45, 2.75) is 75.0 Å². The van der Waals surface area contributed by atoms with Gasteiger partial charge >= 0.3 is 0 Å². The van der Waals surface area contributed by atoms with E-state index in [-0.39, 0.29) is 10.8 Å². The molecule has 6 aromatic rings. The molecule has 2 spiro atoms. The van der Waals surface area contributed by atoms with Gasteiger partial charge in [-0.25, -0.2) is 0 Å². The maximum Gasteiger partial charge on any atom is 0.0465 e. The zero-order chi connectivity index (χ0) is 34.7. The minimum Gasteiger partial charge on any atom is -0.310 e. The van der Waals surface area contributed by atoms with Gasteiger partial charge in [0.15, 0.2) is 0 Å². The van der Waals surface area contributed by atoms with Crippen LogP contribution in [0.3, 0.4) is 0 Å². The number of anilines is 3. The van der Waals surface area contributed by atoms with Gasteiger partial charge in [0.05, 0.1) is 0 Å². The number of para-hydroxylation sites is 1. The molecule has 7 aliphatic rings. The average Bonchev–Trinajstić information content (AvgIpc) is 3.64. The lowest BCUT2D eigenvalue weighted by atomic mass is 9.43. The monoisotopic (exact) mass is 685 g/mol. The summed E-state index contributed by atoms with van der Waals surface area (Å²) in [6.07, 6.45) is 13.6. The molecule has 7 aliphatic carbocycles. The van der Waals surface area contributed by atoms with Crippen molar-refractivity contribution in [1.82, 2.24) is 0 Å². The van der Waals surface area contributed by atoms with Gasteiger partial charge in [-0.05, 0) is 167 Å². The molecule has 0 heterocycles. The summed E-state index contributed by atoms with van der Waals surface area (Å²) < 4.78 is 0. The van der Waals surface area contributed by atoms with E-state index in [9.17, 15) is 0 Å². The van der Waals surface area contributed by atoms with Gasteiger partial charge in [-0.3, -0.25) is 0 Å². The molecule has 6 aromatic carbocycles. The zero-order valence-corrected chi connectivity index (χ0v) is 30.6. The summed E-state index contributed by atoms with van der Waals surface area (Å²) in [5.74, 6) is 3.48. The predicted octanol–water partition coefficient (Wildman–Crippen LogP) is 13.8. The Morgan fingerprint density at radius 2 is 0.943 bits per heavy atom. The van der Waals surface area contributed by atoms with Crippen LogP contribution in [0.25, 0.3) is 33.4 Å². The molecule has 0 atom stereocenters. The summed E-state index contributed by atoms with van der Waals surface area (Å²) in [6, 6.07) is 54.0. The number of nitrogens with zero attached hydrogens (tertiary/aromatic N) is 1. The number of hydrogen-bond donors (Lipinski definition) is 0. The van der Waals surface area contributed by atoms with Crippen LogP contribution >= 0.6 is 0 Å². The molecule has 0 aromatic heterocycles. The molecule has 260 valence electrons. The SMILES string of the molecule is c1ccc(N(c2ccc(-c3ccc4c(c3)C3(c5ccccc5-4)C4CC5CC(C4)CC3C5)cc2)c2ccc3c(c2)C2(CCCCC2)c2ccccc2-3)cc1. The lowest BCUT2D eigenvalue weighted by molar-refractivity contribution is -0.0399. The normalized spacial score (nSPS) is 26.3. The van der Waals surface area contributed by atoms with Gasteiger partial charge in [-0.1, -0.05) is 116 Å². The largest absolute Gasteiger partial charge is 0.310 e. The first-order chi connectivity index (χ1) is 26.2. The molecule has 0 radical (unpaired) electrons. The molecule has 53 heavy (non-hydrogen) atoms. The van der Waals surface area contributed by atoms with Crippen molar-refractivity contribution in [2.24, 2.45) is 23.7 Å². The minimum atomic E-state index is 0.133. The van der Waals surface area contributed by atoms with Crippen molar-refractivity contribution < 1.29 is 0 Å². The van der Waals surface area contributed by atoms with Crippen molar-refractivity contribution in [3.05, 3.63) is 162 Å². The first-order valence-corrected chi connectivity index (χ1v) is 20.7. The molecular weight excluding hydrogens is 639 g/mol. The molecular formula is C52H47N. The second-order valence-electron chi connectivity index (χ2n) is 17.6. The molecule has 4 bridgehead atoms. The van der Waals surface area contributed by atoms with E-state index in [1.807, 2.05) is 0 Å². The molecule has 0 unspecified atom stereocenters. The first-order valence-electron chi connectivity index (χ1n) is 20.7. The van der Waals surface area contributed by atoms with Gasteiger partial charge in [0, 0.05) is 27.9 Å². The maximum absolute atomic E-state index is 2.63. The highest BCUT2D eigenvalue weighted by molar-refractivity contribution is 5.87.